The average molecular weight is 227 g/mol. The lowest BCUT2D eigenvalue weighted by Gasteiger charge is -2.19. The summed E-state index contributed by atoms with van der Waals surface area (Å²) in [6, 6.07) is 0.777. The van der Waals surface area contributed by atoms with Gasteiger partial charge in [0.15, 0.2) is 0 Å². The SMILES string of the molecule is CCCCCCC(CCC(C)C)NCCC. The molecule has 0 aromatic carbocycles. The van der Waals surface area contributed by atoms with Gasteiger partial charge in [-0.15, -0.1) is 0 Å². The van der Waals surface area contributed by atoms with Gasteiger partial charge in [0, 0.05) is 6.04 Å². The molecule has 0 spiro atoms. The van der Waals surface area contributed by atoms with E-state index >= 15 is 0 Å². The van der Waals surface area contributed by atoms with Gasteiger partial charge in [0.2, 0.25) is 0 Å². The van der Waals surface area contributed by atoms with E-state index in [1.54, 1.807) is 0 Å². The van der Waals surface area contributed by atoms with Gasteiger partial charge in [-0.1, -0.05) is 53.4 Å². The number of rotatable bonds is 11. The van der Waals surface area contributed by atoms with E-state index in [0.29, 0.717) is 0 Å². The minimum Gasteiger partial charge on any atom is -0.314 e. The molecule has 0 heterocycles. The Bertz CT molecular complexity index is 131. The summed E-state index contributed by atoms with van der Waals surface area (Å²) in [7, 11) is 0. The van der Waals surface area contributed by atoms with Crippen LogP contribution in [0.3, 0.4) is 0 Å². The number of hydrogen-bond donors (Lipinski definition) is 1. The molecular weight excluding hydrogens is 194 g/mol. The van der Waals surface area contributed by atoms with Gasteiger partial charge in [-0.05, 0) is 38.1 Å². The molecule has 0 amide bonds. The third kappa shape index (κ3) is 10.5. The first-order chi connectivity index (χ1) is 7.70. The molecule has 16 heavy (non-hydrogen) atoms. The second-order valence-electron chi connectivity index (χ2n) is 5.47. The molecule has 0 aliphatic rings. The Morgan fingerprint density at radius 2 is 1.56 bits per heavy atom. The Hall–Kier alpha value is -0.0400. The molecule has 0 aromatic heterocycles. The van der Waals surface area contributed by atoms with Crippen molar-refractivity contribution >= 4 is 0 Å². The van der Waals surface area contributed by atoms with E-state index in [4.69, 9.17) is 0 Å². The second kappa shape index (κ2) is 11.4. The van der Waals surface area contributed by atoms with E-state index < -0.39 is 0 Å². The molecule has 98 valence electrons. The van der Waals surface area contributed by atoms with Crippen molar-refractivity contribution in [2.24, 2.45) is 5.92 Å². The molecule has 1 atom stereocenters. The van der Waals surface area contributed by atoms with Crippen LogP contribution in [0.1, 0.15) is 79.1 Å². The van der Waals surface area contributed by atoms with Gasteiger partial charge in [0.1, 0.15) is 0 Å². The van der Waals surface area contributed by atoms with Crippen molar-refractivity contribution in [3.63, 3.8) is 0 Å². The standard InChI is InChI=1S/C15H33N/c1-5-7-8-9-10-15(16-13-6-2)12-11-14(3)4/h14-16H,5-13H2,1-4H3. The zero-order valence-electron chi connectivity index (χ0n) is 12.0. The van der Waals surface area contributed by atoms with Crippen LogP contribution in [0.25, 0.3) is 0 Å². The third-order valence-corrected chi connectivity index (χ3v) is 3.18. The van der Waals surface area contributed by atoms with Gasteiger partial charge in [0.25, 0.3) is 0 Å². The summed E-state index contributed by atoms with van der Waals surface area (Å²) in [5.41, 5.74) is 0. The van der Waals surface area contributed by atoms with Crippen LogP contribution in [0.2, 0.25) is 0 Å². The van der Waals surface area contributed by atoms with Crippen LogP contribution in [0.15, 0.2) is 0 Å². The Morgan fingerprint density at radius 1 is 0.812 bits per heavy atom. The summed E-state index contributed by atoms with van der Waals surface area (Å²) in [6.07, 6.45) is 11.0. The van der Waals surface area contributed by atoms with Gasteiger partial charge in [-0.3, -0.25) is 0 Å². The molecule has 0 radical (unpaired) electrons. The molecular formula is C15H33N. The molecule has 1 N–H and O–H groups in total. The largest absolute Gasteiger partial charge is 0.314 e. The van der Waals surface area contributed by atoms with E-state index in [-0.39, 0.29) is 0 Å². The van der Waals surface area contributed by atoms with E-state index in [0.717, 1.165) is 12.0 Å². The average Bonchev–Trinajstić information content (AvgIpc) is 2.26. The molecule has 1 unspecified atom stereocenters. The van der Waals surface area contributed by atoms with Crippen LogP contribution in [0, 0.1) is 5.92 Å². The first kappa shape index (κ1) is 16.0. The molecule has 0 fully saturated rings. The number of hydrogen-bond acceptors (Lipinski definition) is 1. The van der Waals surface area contributed by atoms with Crippen LogP contribution in [0.4, 0.5) is 0 Å². The van der Waals surface area contributed by atoms with Crippen molar-refractivity contribution < 1.29 is 0 Å². The van der Waals surface area contributed by atoms with Crippen LogP contribution < -0.4 is 5.32 Å². The predicted octanol–water partition coefficient (Wildman–Crippen LogP) is 4.76. The zero-order valence-corrected chi connectivity index (χ0v) is 12.0. The van der Waals surface area contributed by atoms with E-state index in [2.05, 4.69) is 33.0 Å². The summed E-state index contributed by atoms with van der Waals surface area (Å²) < 4.78 is 0. The lowest BCUT2D eigenvalue weighted by Crippen LogP contribution is -2.30. The fraction of sp³-hybridized carbons (Fsp3) is 1.00. The van der Waals surface area contributed by atoms with Crippen LogP contribution in [0.5, 0.6) is 0 Å². The van der Waals surface area contributed by atoms with Crippen molar-refractivity contribution in [3.05, 3.63) is 0 Å². The Morgan fingerprint density at radius 3 is 2.12 bits per heavy atom. The fourth-order valence-electron chi connectivity index (χ4n) is 2.05. The lowest BCUT2D eigenvalue weighted by molar-refractivity contribution is 0.397. The molecule has 0 saturated carbocycles. The van der Waals surface area contributed by atoms with Gasteiger partial charge in [-0.2, -0.15) is 0 Å². The third-order valence-electron chi connectivity index (χ3n) is 3.18. The summed E-state index contributed by atoms with van der Waals surface area (Å²) in [4.78, 5) is 0. The molecule has 0 saturated heterocycles. The zero-order chi connectivity index (χ0) is 12.2. The van der Waals surface area contributed by atoms with Crippen molar-refractivity contribution in [3.8, 4) is 0 Å². The van der Waals surface area contributed by atoms with Crippen molar-refractivity contribution in [2.45, 2.75) is 85.1 Å². The highest BCUT2D eigenvalue weighted by Gasteiger charge is 2.08. The van der Waals surface area contributed by atoms with Crippen molar-refractivity contribution in [1.29, 1.82) is 0 Å². The highest BCUT2D eigenvalue weighted by Crippen LogP contribution is 2.13. The molecule has 0 bridgehead atoms. The maximum absolute atomic E-state index is 3.70. The highest BCUT2D eigenvalue weighted by molar-refractivity contribution is 4.67. The van der Waals surface area contributed by atoms with Crippen LogP contribution in [-0.2, 0) is 0 Å². The summed E-state index contributed by atoms with van der Waals surface area (Å²) in [5, 5.41) is 3.70. The minimum atomic E-state index is 0.777. The Kier molecular flexibility index (Phi) is 11.4. The Labute approximate surface area is 103 Å². The van der Waals surface area contributed by atoms with Gasteiger partial charge in [-0.25, -0.2) is 0 Å². The minimum absolute atomic E-state index is 0.777. The van der Waals surface area contributed by atoms with Gasteiger partial charge >= 0.3 is 0 Å². The van der Waals surface area contributed by atoms with Crippen LogP contribution in [-0.4, -0.2) is 12.6 Å². The normalized spacial score (nSPS) is 13.3. The van der Waals surface area contributed by atoms with Crippen molar-refractivity contribution in [2.75, 3.05) is 6.54 Å². The monoisotopic (exact) mass is 227 g/mol. The van der Waals surface area contributed by atoms with Gasteiger partial charge < -0.3 is 5.32 Å². The second-order valence-corrected chi connectivity index (χ2v) is 5.47. The molecule has 1 heteroatoms. The van der Waals surface area contributed by atoms with E-state index in [1.165, 1.54) is 57.9 Å². The fourth-order valence-corrected chi connectivity index (χ4v) is 2.05. The molecule has 0 aromatic rings. The summed E-state index contributed by atoms with van der Waals surface area (Å²) in [6.45, 7) is 10.4. The first-order valence-electron chi connectivity index (χ1n) is 7.44. The van der Waals surface area contributed by atoms with E-state index in [1.807, 2.05) is 0 Å². The maximum atomic E-state index is 3.70. The van der Waals surface area contributed by atoms with Gasteiger partial charge in [0.05, 0.1) is 0 Å². The smallest absolute Gasteiger partial charge is 0.00671 e. The van der Waals surface area contributed by atoms with Crippen LogP contribution >= 0.6 is 0 Å². The van der Waals surface area contributed by atoms with E-state index in [9.17, 15) is 0 Å². The molecule has 0 aliphatic carbocycles. The summed E-state index contributed by atoms with van der Waals surface area (Å²) in [5.74, 6) is 0.849. The molecule has 1 nitrogen and oxygen atoms in total. The highest BCUT2D eigenvalue weighted by atomic mass is 14.9. The first-order valence-corrected chi connectivity index (χ1v) is 7.44. The summed E-state index contributed by atoms with van der Waals surface area (Å²) >= 11 is 0. The predicted molar refractivity (Wildman–Crippen MR) is 74.9 cm³/mol. The maximum Gasteiger partial charge on any atom is 0.00671 e. The number of nitrogens with one attached hydrogen (secondary N) is 1. The molecule has 0 aliphatic heterocycles. The van der Waals surface area contributed by atoms with Crippen molar-refractivity contribution in [1.82, 2.24) is 5.32 Å². The Balaban J connectivity index is 3.62. The molecule has 0 rings (SSSR count). The lowest BCUT2D eigenvalue weighted by atomic mass is 9.98. The quantitative estimate of drug-likeness (QED) is 0.502. The number of unbranched alkanes of at least 4 members (excludes halogenated alkanes) is 3. The topological polar surface area (TPSA) is 12.0 Å².